The largest absolute Gasteiger partial charge is 0.493 e. The number of nitrogens with one attached hydrogen (secondary N) is 1. The van der Waals surface area contributed by atoms with E-state index in [9.17, 15) is 4.79 Å². The number of anilines is 1. The molecule has 0 fully saturated rings. The lowest BCUT2D eigenvalue weighted by Gasteiger charge is -2.10. The van der Waals surface area contributed by atoms with Crippen LogP contribution in [0.3, 0.4) is 0 Å². The Morgan fingerprint density at radius 1 is 1.22 bits per heavy atom. The normalized spacial score (nSPS) is 10.4. The predicted molar refractivity (Wildman–Crippen MR) is 101 cm³/mol. The van der Waals surface area contributed by atoms with Gasteiger partial charge in [0.15, 0.2) is 0 Å². The fraction of sp³-hybridized carbons (Fsp3) is 0.235. The molecule has 1 N–H and O–H groups in total. The maximum absolute atomic E-state index is 12.0. The van der Waals surface area contributed by atoms with Gasteiger partial charge in [-0.15, -0.1) is 0 Å². The first-order valence-corrected chi connectivity index (χ1v) is 9.06. The van der Waals surface area contributed by atoms with E-state index in [0.29, 0.717) is 24.5 Å². The number of hydrogen-bond donors (Lipinski definition) is 1. The molecule has 23 heavy (non-hydrogen) atoms. The molecule has 0 aliphatic carbocycles. The molecule has 0 unspecified atom stereocenters. The van der Waals surface area contributed by atoms with Crippen molar-refractivity contribution in [1.29, 1.82) is 0 Å². The molecule has 122 valence electrons. The molecule has 0 aliphatic heterocycles. The van der Waals surface area contributed by atoms with Crippen LogP contribution in [0.5, 0.6) is 5.75 Å². The summed E-state index contributed by atoms with van der Waals surface area (Å²) in [6, 6.07) is 11.1. The maximum Gasteiger partial charge on any atom is 0.224 e. The summed E-state index contributed by atoms with van der Waals surface area (Å²) in [5.41, 5.74) is 1.74. The molecule has 2 aromatic rings. The van der Waals surface area contributed by atoms with Gasteiger partial charge in [0, 0.05) is 20.4 Å². The van der Waals surface area contributed by atoms with Gasteiger partial charge in [-0.1, -0.05) is 27.5 Å². The minimum Gasteiger partial charge on any atom is -0.493 e. The average molecular weight is 462 g/mol. The number of rotatable bonds is 6. The van der Waals surface area contributed by atoms with E-state index in [1.165, 1.54) is 0 Å². The van der Waals surface area contributed by atoms with Crippen molar-refractivity contribution in [2.75, 3.05) is 11.9 Å². The topological polar surface area (TPSA) is 38.3 Å². The Labute approximate surface area is 157 Å². The third-order valence-corrected chi connectivity index (χ3v) is 4.53. The lowest BCUT2D eigenvalue weighted by Crippen LogP contribution is -2.13. The van der Waals surface area contributed by atoms with Crippen LogP contribution in [-0.4, -0.2) is 12.5 Å². The van der Waals surface area contributed by atoms with Crippen LogP contribution in [0.4, 0.5) is 5.69 Å². The van der Waals surface area contributed by atoms with Gasteiger partial charge in [0.25, 0.3) is 0 Å². The highest BCUT2D eigenvalue weighted by Gasteiger charge is 2.07. The quantitative estimate of drug-likeness (QED) is 0.538. The Balaban J connectivity index is 1.76. The van der Waals surface area contributed by atoms with E-state index in [1.54, 1.807) is 6.07 Å². The summed E-state index contributed by atoms with van der Waals surface area (Å²) >= 11 is 12.7. The summed E-state index contributed by atoms with van der Waals surface area (Å²) in [5, 5.41) is 3.56. The van der Waals surface area contributed by atoms with Gasteiger partial charge in [0.2, 0.25) is 5.91 Å². The van der Waals surface area contributed by atoms with Crippen molar-refractivity contribution in [2.45, 2.75) is 19.8 Å². The van der Waals surface area contributed by atoms with E-state index in [1.807, 2.05) is 37.3 Å². The molecule has 0 radical (unpaired) electrons. The zero-order chi connectivity index (χ0) is 16.8. The highest BCUT2D eigenvalue weighted by Crippen LogP contribution is 2.26. The molecule has 6 heteroatoms. The second-order valence-corrected chi connectivity index (χ2v) is 7.24. The number of ether oxygens (including phenoxy) is 1. The van der Waals surface area contributed by atoms with Crippen LogP contribution in [-0.2, 0) is 4.79 Å². The van der Waals surface area contributed by atoms with Crippen LogP contribution < -0.4 is 10.1 Å². The van der Waals surface area contributed by atoms with Crippen molar-refractivity contribution in [1.82, 2.24) is 0 Å². The summed E-state index contributed by atoms with van der Waals surface area (Å²) < 4.78 is 7.47. The first-order valence-electron chi connectivity index (χ1n) is 7.09. The van der Waals surface area contributed by atoms with E-state index < -0.39 is 0 Å². The van der Waals surface area contributed by atoms with Gasteiger partial charge in [0.1, 0.15) is 5.75 Å². The Kier molecular flexibility index (Phi) is 6.93. The van der Waals surface area contributed by atoms with Crippen LogP contribution in [0.1, 0.15) is 18.4 Å². The van der Waals surface area contributed by atoms with Crippen molar-refractivity contribution in [2.24, 2.45) is 0 Å². The van der Waals surface area contributed by atoms with Crippen LogP contribution in [0.25, 0.3) is 0 Å². The van der Waals surface area contributed by atoms with E-state index in [0.717, 1.165) is 25.9 Å². The Bertz CT molecular complexity index is 707. The lowest BCUT2D eigenvalue weighted by atomic mass is 10.2. The fourth-order valence-electron chi connectivity index (χ4n) is 1.99. The van der Waals surface area contributed by atoms with Crippen molar-refractivity contribution in [3.8, 4) is 5.75 Å². The Morgan fingerprint density at radius 3 is 2.70 bits per heavy atom. The number of hydrogen-bond acceptors (Lipinski definition) is 2. The molecule has 3 nitrogen and oxygen atoms in total. The summed E-state index contributed by atoms with van der Waals surface area (Å²) in [5.74, 6) is 0.759. The first-order chi connectivity index (χ1) is 11.0. The molecule has 0 heterocycles. The highest BCUT2D eigenvalue weighted by molar-refractivity contribution is 9.11. The molecule has 2 rings (SSSR count). The van der Waals surface area contributed by atoms with E-state index in [4.69, 9.17) is 16.3 Å². The molecule has 0 saturated carbocycles. The molecule has 0 aliphatic rings. The summed E-state index contributed by atoms with van der Waals surface area (Å²) in [4.78, 5) is 12.0. The van der Waals surface area contributed by atoms with Crippen LogP contribution in [0.15, 0.2) is 45.3 Å². The molecule has 0 bridgehead atoms. The second-order valence-electron chi connectivity index (χ2n) is 5.03. The Morgan fingerprint density at radius 2 is 2.00 bits per heavy atom. The van der Waals surface area contributed by atoms with Crippen LogP contribution >= 0.6 is 43.5 Å². The molecule has 0 spiro atoms. The Hall–Kier alpha value is -1.04. The number of aryl methyl sites for hydroxylation is 1. The third-order valence-electron chi connectivity index (χ3n) is 3.15. The number of halogens is 3. The second kappa shape index (κ2) is 8.71. The minimum absolute atomic E-state index is 0.0375. The lowest BCUT2D eigenvalue weighted by molar-refractivity contribution is -0.116. The SMILES string of the molecule is Cc1cc(Cl)ccc1OCCCC(=O)Nc1ccc(Br)cc1Br. The van der Waals surface area contributed by atoms with Gasteiger partial charge < -0.3 is 10.1 Å². The molecular weight excluding hydrogens is 445 g/mol. The molecular formula is C17H16Br2ClNO2. The van der Waals surface area contributed by atoms with Gasteiger partial charge in [-0.2, -0.15) is 0 Å². The van der Waals surface area contributed by atoms with Gasteiger partial charge in [0.05, 0.1) is 12.3 Å². The minimum atomic E-state index is -0.0375. The molecule has 0 atom stereocenters. The van der Waals surface area contributed by atoms with Crippen LogP contribution in [0, 0.1) is 6.92 Å². The molecule has 1 amide bonds. The maximum atomic E-state index is 12.0. The van der Waals surface area contributed by atoms with Gasteiger partial charge in [-0.3, -0.25) is 4.79 Å². The molecule has 2 aromatic carbocycles. The van der Waals surface area contributed by atoms with Gasteiger partial charge in [-0.05, 0) is 71.2 Å². The fourth-order valence-corrected chi connectivity index (χ4v) is 3.37. The van der Waals surface area contributed by atoms with Gasteiger partial charge >= 0.3 is 0 Å². The van der Waals surface area contributed by atoms with E-state index >= 15 is 0 Å². The van der Waals surface area contributed by atoms with Crippen molar-refractivity contribution < 1.29 is 9.53 Å². The summed E-state index contributed by atoms with van der Waals surface area (Å²) in [6.45, 7) is 2.43. The smallest absolute Gasteiger partial charge is 0.224 e. The number of carbonyl (C=O) groups is 1. The zero-order valence-electron chi connectivity index (χ0n) is 12.5. The van der Waals surface area contributed by atoms with Gasteiger partial charge in [-0.25, -0.2) is 0 Å². The standard InChI is InChI=1S/C17H16Br2ClNO2/c1-11-9-13(20)5-7-16(11)23-8-2-3-17(22)21-15-6-4-12(18)10-14(15)19/h4-7,9-10H,2-3,8H2,1H3,(H,21,22). The van der Waals surface area contributed by atoms with Crippen molar-refractivity contribution in [3.63, 3.8) is 0 Å². The zero-order valence-corrected chi connectivity index (χ0v) is 16.5. The van der Waals surface area contributed by atoms with Crippen LogP contribution in [0.2, 0.25) is 5.02 Å². The van der Waals surface area contributed by atoms with Crippen molar-refractivity contribution >= 4 is 55.1 Å². The average Bonchev–Trinajstić information content (AvgIpc) is 2.48. The third kappa shape index (κ3) is 5.83. The van der Waals surface area contributed by atoms with E-state index in [2.05, 4.69) is 37.2 Å². The summed E-state index contributed by atoms with van der Waals surface area (Å²) in [7, 11) is 0. The molecule has 0 saturated heterocycles. The highest BCUT2D eigenvalue weighted by atomic mass is 79.9. The number of amides is 1. The summed E-state index contributed by atoms with van der Waals surface area (Å²) in [6.07, 6.45) is 1.04. The van der Waals surface area contributed by atoms with E-state index in [-0.39, 0.29) is 5.91 Å². The van der Waals surface area contributed by atoms with Crippen molar-refractivity contribution in [3.05, 3.63) is 55.9 Å². The number of carbonyl (C=O) groups excluding carboxylic acids is 1. The first kappa shape index (κ1) is 18.3. The number of benzene rings is 2. The monoisotopic (exact) mass is 459 g/mol. The predicted octanol–water partition coefficient (Wildman–Crippen LogP) is 5.97. The molecule has 0 aromatic heterocycles.